The number of esters is 1. The molecule has 0 bridgehead atoms. The molecule has 0 saturated carbocycles. The SMILES string of the molecule is CCCCCCCCCCCCCCCCCCOc1cc(COC(=O)c2ccc(-c3cccc(C#N)c3)cc2)cc(OCCCCCCCCCCCCCCCCCC)c1OCCCCCCCCCCCCCCCCCC. The molecule has 0 spiro atoms. The molecule has 0 atom stereocenters. The Labute approximate surface area is 499 Å². The molecule has 458 valence electrons. The first kappa shape index (κ1) is 71.3. The monoisotopic (exact) mass is 1120 g/mol. The van der Waals surface area contributed by atoms with Crippen molar-refractivity contribution in [2.75, 3.05) is 19.8 Å². The Morgan fingerprint density at radius 2 is 0.667 bits per heavy atom. The number of ether oxygens (including phenoxy) is 4. The molecule has 6 nitrogen and oxygen atoms in total. The van der Waals surface area contributed by atoms with Crippen molar-refractivity contribution in [1.29, 1.82) is 5.26 Å². The lowest BCUT2D eigenvalue weighted by Crippen LogP contribution is -2.09. The number of nitrogens with zero attached hydrogens (tertiary/aromatic N) is 1. The fourth-order valence-corrected chi connectivity index (χ4v) is 11.4. The normalized spacial score (nSPS) is 11.3. The van der Waals surface area contributed by atoms with Crippen molar-refractivity contribution in [2.24, 2.45) is 0 Å². The summed E-state index contributed by atoms with van der Waals surface area (Å²) in [5, 5.41) is 9.41. The molecule has 0 unspecified atom stereocenters. The summed E-state index contributed by atoms with van der Waals surface area (Å²) in [6.45, 7) is 8.82. The Hall–Kier alpha value is -3.98. The van der Waals surface area contributed by atoms with Gasteiger partial charge in [-0.15, -0.1) is 0 Å². The Morgan fingerprint density at radius 3 is 0.988 bits per heavy atom. The zero-order valence-electron chi connectivity index (χ0n) is 53.0. The summed E-state index contributed by atoms with van der Waals surface area (Å²) < 4.78 is 26.0. The number of carbonyl (C=O) groups excluding carboxylic acids is 1. The van der Waals surface area contributed by atoms with E-state index >= 15 is 0 Å². The van der Waals surface area contributed by atoms with Crippen LogP contribution in [0.1, 0.15) is 350 Å². The third-order valence-electron chi connectivity index (χ3n) is 16.7. The second kappa shape index (κ2) is 52.8. The van der Waals surface area contributed by atoms with Gasteiger partial charge in [-0.3, -0.25) is 0 Å². The standard InChI is InChI=1S/C75H123NO5/c1-4-7-10-13-16-19-22-25-28-31-34-37-40-43-46-49-59-78-72-63-68(66-81-75(77)70-57-55-69(56-58-70)71-54-52-53-67(62-71)65-76)64-73(79-60-50-47-44-41-38-35-32-29-26-23-20-17-14-11-8-5-2)74(72)80-61-51-48-45-42-39-36-33-30-27-24-21-18-15-12-9-6-3/h52-58,62-64H,4-51,59-61,66H2,1-3H3. The van der Waals surface area contributed by atoms with Crippen LogP contribution in [0.5, 0.6) is 17.2 Å². The number of hydrogen-bond acceptors (Lipinski definition) is 6. The molecule has 0 aromatic heterocycles. The van der Waals surface area contributed by atoms with Crippen molar-refractivity contribution in [3.05, 3.63) is 77.4 Å². The van der Waals surface area contributed by atoms with E-state index in [1.165, 1.54) is 270 Å². The number of benzene rings is 3. The van der Waals surface area contributed by atoms with E-state index in [1.54, 1.807) is 18.2 Å². The quantitative estimate of drug-likeness (QED) is 0.0414. The lowest BCUT2D eigenvalue weighted by molar-refractivity contribution is 0.0471. The van der Waals surface area contributed by atoms with Crippen molar-refractivity contribution in [3.8, 4) is 34.4 Å². The molecule has 0 heterocycles. The topological polar surface area (TPSA) is 77.8 Å². The average Bonchev–Trinajstić information content (AvgIpc) is 3.49. The van der Waals surface area contributed by atoms with Crippen molar-refractivity contribution >= 4 is 5.97 Å². The summed E-state index contributed by atoms with van der Waals surface area (Å²) in [4.78, 5) is 13.5. The summed E-state index contributed by atoms with van der Waals surface area (Å²) in [5.41, 5.74) is 3.79. The molecule has 0 amide bonds. The first-order chi connectivity index (χ1) is 40.1. The van der Waals surface area contributed by atoms with Gasteiger partial charge >= 0.3 is 5.97 Å². The van der Waals surface area contributed by atoms with E-state index in [0.29, 0.717) is 48.2 Å². The van der Waals surface area contributed by atoms with E-state index in [-0.39, 0.29) is 12.6 Å². The minimum absolute atomic E-state index is 0.0923. The lowest BCUT2D eigenvalue weighted by atomic mass is 10.0. The van der Waals surface area contributed by atoms with Gasteiger partial charge in [0.15, 0.2) is 11.5 Å². The summed E-state index contributed by atoms with van der Waals surface area (Å²) >= 11 is 0. The summed E-state index contributed by atoms with van der Waals surface area (Å²) in [6.07, 6.45) is 64.1. The predicted molar refractivity (Wildman–Crippen MR) is 347 cm³/mol. The minimum atomic E-state index is -0.387. The molecule has 0 aliphatic carbocycles. The molecule has 81 heavy (non-hydrogen) atoms. The largest absolute Gasteiger partial charge is 0.490 e. The molecule has 0 N–H and O–H groups in total. The third-order valence-corrected chi connectivity index (χ3v) is 16.7. The third kappa shape index (κ3) is 38.5. The van der Waals surface area contributed by atoms with Crippen LogP contribution in [0.4, 0.5) is 0 Å². The molecule has 3 aromatic carbocycles. The van der Waals surface area contributed by atoms with E-state index in [2.05, 4.69) is 26.8 Å². The van der Waals surface area contributed by atoms with E-state index < -0.39 is 0 Å². The zero-order chi connectivity index (χ0) is 57.6. The van der Waals surface area contributed by atoms with Crippen molar-refractivity contribution in [2.45, 2.75) is 336 Å². The molecule has 0 aliphatic heterocycles. The van der Waals surface area contributed by atoms with Gasteiger partial charge < -0.3 is 18.9 Å². The second-order valence-corrected chi connectivity index (χ2v) is 24.2. The highest BCUT2D eigenvalue weighted by Gasteiger charge is 2.18. The van der Waals surface area contributed by atoms with Crippen molar-refractivity contribution < 1.29 is 23.7 Å². The minimum Gasteiger partial charge on any atom is -0.490 e. The van der Waals surface area contributed by atoms with Crippen LogP contribution in [0, 0.1) is 11.3 Å². The highest BCUT2D eigenvalue weighted by Crippen LogP contribution is 2.40. The Bertz CT molecular complexity index is 1880. The molecule has 0 saturated heterocycles. The number of hydrogen-bond donors (Lipinski definition) is 0. The van der Waals surface area contributed by atoms with Crippen molar-refractivity contribution in [3.63, 3.8) is 0 Å². The Kier molecular flexibility index (Phi) is 46.5. The van der Waals surface area contributed by atoms with E-state index in [0.717, 1.165) is 55.2 Å². The van der Waals surface area contributed by atoms with Gasteiger partial charge in [-0.1, -0.05) is 334 Å². The van der Waals surface area contributed by atoms with Gasteiger partial charge in [0.05, 0.1) is 37.0 Å². The summed E-state index contributed by atoms with van der Waals surface area (Å²) in [7, 11) is 0. The first-order valence-corrected chi connectivity index (χ1v) is 34.9. The van der Waals surface area contributed by atoms with Gasteiger partial charge in [0, 0.05) is 0 Å². The first-order valence-electron chi connectivity index (χ1n) is 34.9. The highest BCUT2D eigenvalue weighted by atomic mass is 16.5. The average molecular weight is 1120 g/mol. The number of rotatable bonds is 58. The molecular weight excluding hydrogens is 995 g/mol. The Morgan fingerprint density at radius 1 is 0.358 bits per heavy atom. The maximum atomic E-state index is 13.5. The van der Waals surface area contributed by atoms with Crippen LogP contribution in [0.15, 0.2) is 60.7 Å². The fourth-order valence-electron chi connectivity index (χ4n) is 11.4. The number of carbonyl (C=O) groups is 1. The van der Waals surface area contributed by atoms with Gasteiger partial charge in [0.25, 0.3) is 0 Å². The predicted octanol–water partition coefficient (Wildman–Crippen LogP) is 24.5. The lowest BCUT2D eigenvalue weighted by Gasteiger charge is -2.19. The van der Waals surface area contributed by atoms with Gasteiger partial charge in [-0.2, -0.15) is 5.26 Å². The van der Waals surface area contributed by atoms with Crippen LogP contribution in [-0.2, 0) is 11.3 Å². The van der Waals surface area contributed by atoms with E-state index in [4.69, 9.17) is 18.9 Å². The number of unbranched alkanes of at least 4 members (excludes halogenated alkanes) is 45. The maximum absolute atomic E-state index is 13.5. The van der Waals surface area contributed by atoms with E-state index in [1.807, 2.05) is 42.5 Å². The van der Waals surface area contributed by atoms with Crippen LogP contribution in [0.3, 0.4) is 0 Å². The maximum Gasteiger partial charge on any atom is 0.338 e. The van der Waals surface area contributed by atoms with Gasteiger partial charge in [0.2, 0.25) is 5.75 Å². The van der Waals surface area contributed by atoms with Gasteiger partial charge in [-0.25, -0.2) is 4.79 Å². The number of nitriles is 1. The van der Waals surface area contributed by atoms with E-state index in [9.17, 15) is 10.1 Å². The Balaban J connectivity index is 1.56. The molecule has 3 aromatic rings. The summed E-state index contributed by atoms with van der Waals surface area (Å²) in [6, 6.07) is 21.2. The van der Waals surface area contributed by atoms with Gasteiger partial charge in [-0.05, 0) is 72.4 Å². The summed E-state index contributed by atoms with van der Waals surface area (Å²) in [5.74, 6) is 1.68. The molecule has 0 radical (unpaired) electrons. The zero-order valence-corrected chi connectivity index (χ0v) is 53.0. The second-order valence-electron chi connectivity index (χ2n) is 24.2. The van der Waals surface area contributed by atoms with Crippen LogP contribution < -0.4 is 14.2 Å². The highest BCUT2D eigenvalue weighted by molar-refractivity contribution is 5.90. The van der Waals surface area contributed by atoms with Gasteiger partial charge in [0.1, 0.15) is 6.61 Å². The molecule has 0 fully saturated rings. The van der Waals surface area contributed by atoms with Crippen LogP contribution in [0.25, 0.3) is 11.1 Å². The van der Waals surface area contributed by atoms with Crippen LogP contribution in [-0.4, -0.2) is 25.8 Å². The molecular formula is C75H123NO5. The molecule has 6 heteroatoms. The van der Waals surface area contributed by atoms with Crippen LogP contribution in [0.2, 0.25) is 0 Å². The smallest absolute Gasteiger partial charge is 0.338 e. The van der Waals surface area contributed by atoms with Crippen molar-refractivity contribution in [1.82, 2.24) is 0 Å². The fraction of sp³-hybridized carbons (Fsp3) is 0.733. The molecule has 0 aliphatic rings. The van der Waals surface area contributed by atoms with Crippen LogP contribution >= 0.6 is 0 Å². The molecule has 3 rings (SSSR count).